The smallest absolute Gasteiger partial charge is 0.383 e. The van der Waals surface area contributed by atoms with Gasteiger partial charge in [0.25, 0.3) is 0 Å². The van der Waals surface area contributed by atoms with E-state index >= 15 is 0 Å². The van der Waals surface area contributed by atoms with Gasteiger partial charge in [-0.15, -0.1) is 0 Å². The molecular formula is C27H36O5. The maximum atomic E-state index is 12.7. The first kappa shape index (κ1) is 25.3. The molecule has 0 saturated carbocycles. The molecule has 0 saturated heterocycles. The summed E-state index contributed by atoms with van der Waals surface area (Å²) in [4.78, 5) is 12.7. The van der Waals surface area contributed by atoms with Crippen LogP contribution in [0.2, 0.25) is 0 Å². The second kappa shape index (κ2) is 15.0. The zero-order chi connectivity index (χ0) is 23.0. The van der Waals surface area contributed by atoms with Gasteiger partial charge < -0.3 is 18.6 Å². The number of ether oxygens (including phenoxy) is 3. The Hall–Kier alpha value is -2.95. The molecule has 5 nitrogen and oxygen atoms in total. The molecule has 0 aliphatic rings. The van der Waals surface area contributed by atoms with Gasteiger partial charge in [0.1, 0.15) is 16.7 Å². The Labute approximate surface area is 191 Å². The van der Waals surface area contributed by atoms with E-state index in [1.807, 2.05) is 18.2 Å². The van der Waals surface area contributed by atoms with Gasteiger partial charge in [0.05, 0.1) is 19.8 Å². The summed E-state index contributed by atoms with van der Waals surface area (Å²) in [5.74, 6) is 1.11. The minimum absolute atomic E-state index is 0.101. The van der Waals surface area contributed by atoms with Gasteiger partial charge in [-0.3, -0.25) is 0 Å². The molecule has 0 atom stereocenters. The molecule has 0 unspecified atom stereocenters. The third-order valence-corrected chi connectivity index (χ3v) is 4.62. The van der Waals surface area contributed by atoms with Crippen molar-refractivity contribution in [3.8, 4) is 17.2 Å². The van der Waals surface area contributed by atoms with Crippen molar-refractivity contribution in [2.75, 3.05) is 19.8 Å². The Morgan fingerprint density at radius 2 is 1.25 bits per heavy atom. The molecule has 1 heterocycles. The van der Waals surface area contributed by atoms with Crippen LogP contribution in [-0.2, 0) is 0 Å². The first-order valence-electron chi connectivity index (χ1n) is 11.7. The van der Waals surface area contributed by atoms with E-state index in [1.165, 1.54) is 0 Å². The molecule has 2 rings (SSSR count). The van der Waals surface area contributed by atoms with Gasteiger partial charge in [0.2, 0.25) is 5.75 Å². The van der Waals surface area contributed by atoms with E-state index in [2.05, 4.69) is 51.2 Å². The molecule has 0 fully saturated rings. The quantitative estimate of drug-likeness (QED) is 0.170. The highest BCUT2D eigenvalue weighted by Gasteiger charge is 2.21. The van der Waals surface area contributed by atoms with Crippen LogP contribution in [-0.4, -0.2) is 19.8 Å². The highest BCUT2D eigenvalue weighted by atomic mass is 16.5. The van der Waals surface area contributed by atoms with Gasteiger partial charge in [-0.2, -0.15) is 0 Å². The molecule has 0 amide bonds. The number of hydrogen-bond donors (Lipinski definition) is 0. The van der Waals surface area contributed by atoms with Crippen molar-refractivity contribution < 1.29 is 18.6 Å². The molecule has 174 valence electrons. The summed E-state index contributed by atoms with van der Waals surface area (Å²) in [5, 5.41) is 0.630. The standard InChI is InChI=1S/C27H36O5/c1-4-7-10-13-19-29-22-17-16-18-23-24(22)25(30-20-14-11-8-5-2)26(27(28)32-23)31-21-15-12-9-6-3/h7-12,16-18H,4-6,13-15,19-21H2,1-3H3. The molecule has 32 heavy (non-hydrogen) atoms. The molecule has 0 aliphatic heterocycles. The number of allylic oxidation sites excluding steroid dienone is 3. The summed E-state index contributed by atoms with van der Waals surface area (Å²) in [6.45, 7) is 7.58. The van der Waals surface area contributed by atoms with Gasteiger partial charge in [-0.05, 0) is 50.7 Å². The second-order valence-corrected chi connectivity index (χ2v) is 7.23. The summed E-state index contributed by atoms with van der Waals surface area (Å²) < 4.78 is 23.5. The van der Waals surface area contributed by atoms with Crippen molar-refractivity contribution in [2.24, 2.45) is 0 Å². The lowest BCUT2D eigenvalue weighted by Gasteiger charge is -2.15. The van der Waals surface area contributed by atoms with E-state index in [0.717, 1.165) is 32.1 Å². The minimum atomic E-state index is -0.542. The molecule has 0 N–H and O–H groups in total. The first-order valence-corrected chi connectivity index (χ1v) is 11.7. The topological polar surface area (TPSA) is 57.9 Å². The van der Waals surface area contributed by atoms with Gasteiger partial charge in [-0.1, -0.05) is 63.3 Å². The highest BCUT2D eigenvalue weighted by Crippen LogP contribution is 2.39. The van der Waals surface area contributed by atoms with Gasteiger partial charge in [-0.25, -0.2) is 4.79 Å². The van der Waals surface area contributed by atoms with Crippen LogP contribution in [0.1, 0.15) is 59.3 Å². The SMILES string of the molecule is CCC=CCCOc1c(OCCC=CCC)c2c(OCCC=CCC)cccc2oc1=O. The van der Waals surface area contributed by atoms with Crippen LogP contribution >= 0.6 is 0 Å². The molecule has 5 heteroatoms. The molecule has 0 radical (unpaired) electrons. The Bertz CT molecular complexity index is 952. The van der Waals surface area contributed by atoms with Crippen molar-refractivity contribution in [3.63, 3.8) is 0 Å². The molecule has 2 aromatic rings. The lowest BCUT2D eigenvalue weighted by Crippen LogP contribution is -2.12. The number of rotatable bonds is 15. The summed E-state index contributed by atoms with van der Waals surface area (Å²) >= 11 is 0. The molecule has 0 aliphatic carbocycles. The highest BCUT2D eigenvalue weighted by molar-refractivity contribution is 5.91. The van der Waals surface area contributed by atoms with Crippen LogP contribution < -0.4 is 19.8 Å². The lowest BCUT2D eigenvalue weighted by molar-refractivity contribution is 0.263. The average Bonchev–Trinajstić information content (AvgIpc) is 2.79. The second-order valence-electron chi connectivity index (χ2n) is 7.23. The predicted molar refractivity (Wildman–Crippen MR) is 131 cm³/mol. The van der Waals surface area contributed by atoms with Gasteiger partial charge in [0.15, 0.2) is 5.75 Å². The van der Waals surface area contributed by atoms with Crippen LogP contribution in [0, 0.1) is 0 Å². The summed E-state index contributed by atoms with van der Waals surface area (Å²) in [5.41, 5.74) is -0.118. The number of benzene rings is 1. The minimum Gasteiger partial charge on any atom is -0.492 e. The number of hydrogen-bond acceptors (Lipinski definition) is 5. The van der Waals surface area contributed by atoms with E-state index in [-0.39, 0.29) is 5.75 Å². The zero-order valence-corrected chi connectivity index (χ0v) is 19.6. The molecule has 1 aromatic carbocycles. The van der Waals surface area contributed by atoms with Crippen LogP contribution in [0.3, 0.4) is 0 Å². The van der Waals surface area contributed by atoms with E-state index in [0.29, 0.717) is 48.7 Å². The van der Waals surface area contributed by atoms with Crippen LogP contribution in [0.5, 0.6) is 17.2 Å². The predicted octanol–water partition coefficient (Wildman–Crippen LogP) is 7.00. The normalized spacial score (nSPS) is 11.8. The van der Waals surface area contributed by atoms with E-state index < -0.39 is 5.63 Å². The van der Waals surface area contributed by atoms with E-state index in [1.54, 1.807) is 6.07 Å². The van der Waals surface area contributed by atoms with Crippen molar-refractivity contribution >= 4 is 11.0 Å². The van der Waals surface area contributed by atoms with Crippen LogP contribution in [0.25, 0.3) is 11.0 Å². The fourth-order valence-electron chi connectivity index (χ4n) is 3.10. The third-order valence-electron chi connectivity index (χ3n) is 4.62. The largest absolute Gasteiger partial charge is 0.492 e. The van der Waals surface area contributed by atoms with Crippen molar-refractivity contribution in [2.45, 2.75) is 59.3 Å². The zero-order valence-electron chi connectivity index (χ0n) is 19.6. The van der Waals surface area contributed by atoms with Gasteiger partial charge in [0, 0.05) is 0 Å². The fourth-order valence-corrected chi connectivity index (χ4v) is 3.10. The van der Waals surface area contributed by atoms with Crippen molar-refractivity contribution in [3.05, 3.63) is 65.1 Å². The van der Waals surface area contributed by atoms with Crippen LogP contribution in [0.4, 0.5) is 0 Å². The molecular weight excluding hydrogens is 404 g/mol. The first-order chi connectivity index (χ1) is 15.7. The van der Waals surface area contributed by atoms with Gasteiger partial charge >= 0.3 is 5.63 Å². The molecule has 0 bridgehead atoms. The average molecular weight is 441 g/mol. The Balaban J connectivity index is 2.36. The van der Waals surface area contributed by atoms with Crippen molar-refractivity contribution in [1.29, 1.82) is 0 Å². The summed E-state index contributed by atoms with van der Waals surface area (Å²) in [6, 6.07) is 5.42. The summed E-state index contributed by atoms with van der Waals surface area (Å²) in [7, 11) is 0. The lowest BCUT2D eigenvalue weighted by atomic mass is 10.2. The fraction of sp³-hybridized carbons (Fsp3) is 0.444. The maximum Gasteiger partial charge on any atom is 0.383 e. The Kier molecular flexibility index (Phi) is 11.8. The summed E-state index contributed by atoms with van der Waals surface area (Å²) in [6.07, 6.45) is 17.7. The monoisotopic (exact) mass is 440 g/mol. The van der Waals surface area contributed by atoms with E-state index in [4.69, 9.17) is 18.6 Å². The Morgan fingerprint density at radius 3 is 1.81 bits per heavy atom. The van der Waals surface area contributed by atoms with Crippen molar-refractivity contribution in [1.82, 2.24) is 0 Å². The van der Waals surface area contributed by atoms with E-state index in [9.17, 15) is 4.79 Å². The third kappa shape index (κ3) is 7.95. The maximum absolute atomic E-state index is 12.7. The molecule has 1 aromatic heterocycles. The Morgan fingerprint density at radius 1 is 0.719 bits per heavy atom. The number of fused-ring (bicyclic) bond motifs is 1. The molecule has 0 spiro atoms. The van der Waals surface area contributed by atoms with Crippen LogP contribution in [0.15, 0.2) is 63.9 Å².